The molecular formula is C10H13Cl2N3O3S. The van der Waals surface area contributed by atoms with Gasteiger partial charge in [-0.05, 0) is 18.2 Å². The molecule has 19 heavy (non-hydrogen) atoms. The standard InChI is InChI=1S/C10H13Cl2N3O3S/c1-15(5-4-10(13)14-16)19(17,18)7-2-3-8(11)9(12)6-7/h2-3,6,16H,4-5H2,1H3,(H2,13,14). The fourth-order valence-corrected chi connectivity index (χ4v) is 2.82. The Bertz CT molecular complexity index is 590. The topological polar surface area (TPSA) is 96.0 Å². The van der Waals surface area contributed by atoms with Gasteiger partial charge < -0.3 is 10.9 Å². The van der Waals surface area contributed by atoms with E-state index in [1.165, 1.54) is 25.2 Å². The van der Waals surface area contributed by atoms with Crippen molar-refractivity contribution in [2.24, 2.45) is 10.9 Å². The Hall–Kier alpha value is -1.02. The fraction of sp³-hybridized carbons (Fsp3) is 0.300. The van der Waals surface area contributed by atoms with Crippen molar-refractivity contribution < 1.29 is 13.6 Å². The predicted octanol–water partition coefficient (Wildman–Crippen LogP) is 1.75. The molecule has 0 unspecified atom stereocenters. The number of sulfonamides is 1. The van der Waals surface area contributed by atoms with E-state index in [4.69, 9.17) is 34.1 Å². The highest BCUT2D eigenvalue weighted by Crippen LogP contribution is 2.26. The minimum atomic E-state index is -3.68. The highest BCUT2D eigenvalue weighted by atomic mass is 35.5. The summed E-state index contributed by atoms with van der Waals surface area (Å²) in [5, 5.41) is 11.6. The van der Waals surface area contributed by atoms with Crippen LogP contribution in [-0.2, 0) is 10.0 Å². The number of nitrogens with zero attached hydrogens (tertiary/aromatic N) is 2. The summed E-state index contributed by atoms with van der Waals surface area (Å²) in [5.74, 6) is -0.0452. The first-order valence-corrected chi connectivity index (χ1v) is 7.36. The lowest BCUT2D eigenvalue weighted by atomic mass is 10.4. The van der Waals surface area contributed by atoms with E-state index >= 15 is 0 Å². The van der Waals surface area contributed by atoms with Crippen LogP contribution in [0.5, 0.6) is 0 Å². The van der Waals surface area contributed by atoms with E-state index in [0.29, 0.717) is 0 Å². The molecule has 1 aromatic carbocycles. The number of rotatable bonds is 5. The fourth-order valence-electron chi connectivity index (χ4n) is 1.26. The van der Waals surface area contributed by atoms with Crippen LogP contribution in [0, 0.1) is 0 Å². The third kappa shape index (κ3) is 3.97. The van der Waals surface area contributed by atoms with Gasteiger partial charge in [0.25, 0.3) is 0 Å². The van der Waals surface area contributed by atoms with Crippen molar-refractivity contribution in [1.82, 2.24) is 4.31 Å². The van der Waals surface area contributed by atoms with Crippen LogP contribution in [-0.4, -0.2) is 37.4 Å². The summed E-state index contributed by atoms with van der Waals surface area (Å²) in [6, 6.07) is 4.05. The molecule has 0 saturated heterocycles. The Kier molecular flexibility index (Phi) is 5.42. The molecule has 0 saturated carbocycles. The minimum Gasteiger partial charge on any atom is -0.409 e. The first kappa shape index (κ1) is 16.0. The maximum atomic E-state index is 12.2. The summed E-state index contributed by atoms with van der Waals surface area (Å²) >= 11 is 11.5. The van der Waals surface area contributed by atoms with Gasteiger partial charge in [-0.2, -0.15) is 0 Å². The molecule has 1 aromatic rings. The maximum Gasteiger partial charge on any atom is 0.242 e. The molecule has 0 aliphatic rings. The van der Waals surface area contributed by atoms with Gasteiger partial charge in [0.1, 0.15) is 5.84 Å². The number of hydrogen-bond acceptors (Lipinski definition) is 4. The molecule has 0 aliphatic carbocycles. The van der Waals surface area contributed by atoms with Crippen molar-refractivity contribution in [3.8, 4) is 0 Å². The monoisotopic (exact) mass is 325 g/mol. The van der Waals surface area contributed by atoms with Gasteiger partial charge >= 0.3 is 0 Å². The molecule has 0 spiro atoms. The third-order valence-electron chi connectivity index (χ3n) is 2.41. The highest BCUT2D eigenvalue weighted by molar-refractivity contribution is 7.89. The molecule has 106 valence electrons. The van der Waals surface area contributed by atoms with Crippen LogP contribution in [0.3, 0.4) is 0 Å². The van der Waals surface area contributed by atoms with Gasteiger partial charge in [0.15, 0.2) is 0 Å². The Morgan fingerprint density at radius 3 is 2.58 bits per heavy atom. The molecule has 6 nitrogen and oxygen atoms in total. The Balaban J connectivity index is 2.93. The second kappa shape index (κ2) is 6.42. The van der Waals surface area contributed by atoms with E-state index in [9.17, 15) is 8.42 Å². The summed E-state index contributed by atoms with van der Waals surface area (Å²) in [5.41, 5.74) is 5.29. The number of nitrogens with two attached hydrogens (primary N) is 1. The summed E-state index contributed by atoms with van der Waals surface area (Å²) in [6.07, 6.45) is 0.119. The Labute approximate surface area is 121 Å². The number of oxime groups is 1. The molecule has 0 radical (unpaired) electrons. The van der Waals surface area contributed by atoms with Gasteiger partial charge in [-0.3, -0.25) is 0 Å². The van der Waals surface area contributed by atoms with E-state index < -0.39 is 10.0 Å². The van der Waals surface area contributed by atoms with Crippen LogP contribution in [0.15, 0.2) is 28.3 Å². The Morgan fingerprint density at radius 1 is 1.42 bits per heavy atom. The van der Waals surface area contributed by atoms with E-state index in [-0.39, 0.29) is 33.7 Å². The molecule has 0 aromatic heterocycles. The average Bonchev–Trinajstić information content (AvgIpc) is 2.38. The van der Waals surface area contributed by atoms with Gasteiger partial charge in [-0.1, -0.05) is 28.4 Å². The molecule has 0 fully saturated rings. The minimum absolute atomic E-state index is 0.0314. The van der Waals surface area contributed by atoms with Crippen LogP contribution >= 0.6 is 23.2 Å². The normalized spacial score (nSPS) is 12.9. The first-order chi connectivity index (χ1) is 8.78. The average molecular weight is 326 g/mol. The first-order valence-electron chi connectivity index (χ1n) is 5.17. The zero-order valence-electron chi connectivity index (χ0n) is 10.0. The number of halogens is 2. The highest BCUT2D eigenvalue weighted by Gasteiger charge is 2.21. The summed E-state index contributed by atoms with van der Waals surface area (Å²) in [6.45, 7) is 0.0818. The quantitative estimate of drug-likeness (QED) is 0.373. The lowest BCUT2D eigenvalue weighted by Crippen LogP contribution is -2.30. The van der Waals surface area contributed by atoms with Crippen molar-refractivity contribution in [3.63, 3.8) is 0 Å². The van der Waals surface area contributed by atoms with Gasteiger partial charge in [0.2, 0.25) is 10.0 Å². The predicted molar refractivity (Wildman–Crippen MR) is 74.3 cm³/mol. The summed E-state index contributed by atoms with van der Waals surface area (Å²) in [7, 11) is -2.29. The lowest BCUT2D eigenvalue weighted by Gasteiger charge is -2.17. The molecule has 3 N–H and O–H groups in total. The van der Waals surface area contributed by atoms with E-state index in [1.54, 1.807) is 0 Å². The van der Waals surface area contributed by atoms with Crippen LogP contribution in [0.4, 0.5) is 0 Å². The van der Waals surface area contributed by atoms with E-state index in [2.05, 4.69) is 5.16 Å². The molecule has 0 aliphatic heterocycles. The third-order valence-corrected chi connectivity index (χ3v) is 5.00. The van der Waals surface area contributed by atoms with Crippen LogP contribution in [0.25, 0.3) is 0 Å². The zero-order valence-corrected chi connectivity index (χ0v) is 12.4. The van der Waals surface area contributed by atoms with Crippen molar-refractivity contribution in [2.75, 3.05) is 13.6 Å². The SMILES string of the molecule is CN(CC/C(N)=N/O)S(=O)(=O)c1ccc(Cl)c(Cl)c1. The molecule has 0 amide bonds. The lowest BCUT2D eigenvalue weighted by molar-refractivity contribution is 0.316. The van der Waals surface area contributed by atoms with Crippen LogP contribution in [0.1, 0.15) is 6.42 Å². The van der Waals surface area contributed by atoms with E-state index in [1.807, 2.05) is 0 Å². The summed E-state index contributed by atoms with van der Waals surface area (Å²) in [4.78, 5) is 0.0314. The van der Waals surface area contributed by atoms with Crippen molar-refractivity contribution in [3.05, 3.63) is 28.2 Å². The van der Waals surface area contributed by atoms with Crippen LogP contribution < -0.4 is 5.73 Å². The molecule has 0 heterocycles. The molecule has 0 bridgehead atoms. The molecule has 0 atom stereocenters. The zero-order chi connectivity index (χ0) is 14.6. The van der Waals surface area contributed by atoms with Gasteiger partial charge in [0.05, 0.1) is 14.9 Å². The smallest absolute Gasteiger partial charge is 0.242 e. The molecule has 1 rings (SSSR count). The van der Waals surface area contributed by atoms with Gasteiger partial charge in [0, 0.05) is 20.0 Å². The maximum absolute atomic E-state index is 12.2. The number of amidine groups is 1. The Morgan fingerprint density at radius 2 is 2.05 bits per heavy atom. The van der Waals surface area contributed by atoms with E-state index in [0.717, 1.165) is 4.31 Å². The van der Waals surface area contributed by atoms with Crippen molar-refractivity contribution >= 4 is 39.1 Å². The number of hydrogen-bond donors (Lipinski definition) is 2. The summed E-state index contributed by atoms with van der Waals surface area (Å²) < 4.78 is 25.4. The van der Waals surface area contributed by atoms with Crippen LogP contribution in [0.2, 0.25) is 10.0 Å². The van der Waals surface area contributed by atoms with Gasteiger partial charge in [-0.25, -0.2) is 12.7 Å². The molecular weight excluding hydrogens is 313 g/mol. The number of benzene rings is 1. The largest absolute Gasteiger partial charge is 0.409 e. The second-order valence-corrected chi connectivity index (χ2v) is 6.60. The molecule has 9 heteroatoms. The second-order valence-electron chi connectivity index (χ2n) is 3.74. The van der Waals surface area contributed by atoms with Crippen molar-refractivity contribution in [2.45, 2.75) is 11.3 Å². The van der Waals surface area contributed by atoms with Crippen molar-refractivity contribution in [1.29, 1.82) is 0 Å². The van der Waals surface area contributed by atoms with Gasteiger partial charge in [-0.15, -0.1) is 0 Å².